The first kappa shape index (κ1) is 16.0. The van der Waals surface area contributed by atoms with Gasteiger partial charge in [-0.2, -0.15) is 0 Å². The third-order valence-electron chi connectivity index (χ3n) is 4.03. The lowest BCUT2D eigenvalue weighted by Gasteiger charge is -2.11. The fraction of sp³-hybridized carbons (Fsp3) is 0.200. The van der Waals surface area contributed by atoms with Crippen LogP contribution < -0.4 is 5.43 Å². The van der Waals surface area contributed by atoms with Gasteiger partial charge in [0.15, 0.2) is 11.0 Å². The standard InChI is InChI=1S/C20H18O4/c1-4-23-20(22)16-11-7-10-15-17(21)13(3)18(24-19(15)16)14-9-6-5-8-12(14)2/h5-11H,4H2,1-3H3. The van der Waals surface area contributed by atoms with Crippen molar-refractivity contribution in [2.45, 2.75) is 20.8 Å². The number of rotatable bonds is 3. The highest BCUT2D eigenvalue weighted by molar-refractivity contribution is 6.02. The minimum absolute atomic E-state index is 0.138. The molecule has 0 saturated heterocycles. The summed E-state index contributed by atoms with van der Waals surface area (Å²) in [6.07, 6.45) is 0. The van der Waals surface area contributed by atoms with Crippen molar-refractivity contribution >= 4 is 16.9 Å². The van der Waals surface area contributed by atoms with Gasteiger partial charge in [0.25, 0.3) is 0 Å². The number of ether oxygens (including phenoxy) is 1. The Hall–Kier alpha value is -2.88. The Labute approximate surface area is 139 Å². The third kappa shape index (κ3) is 2.60. The van der Waals surface area contributed by atoms with Crippen LogP contribution in [0.15, 0.2) is 51.7 Å². The van der Waals surface area contributed by atoms with Crippen LogP contribution in [0.4, 0.5) is 0 Å². The van der Waals surface area contributed by atoms with Gasteiger partial charge in [-0.25, -0.2) is 4.79 Å². The molecule has 0 N–H and O–H groups in total. The zero-order chi connectivity index (χ0) is 17.3. The van der Waals surface area contributed by atoms with Gasteiger partial charge >= 0.3 is 5.97 Å². The molecule has 0 atom stereocenters. The van der Waals surface area contributed by atoms with Gasteiger partial charge in [0.2, 0.25) is 0 Å². The molecule has 122 valence electrons. The second-order valence-electron chi connectivity index (χ2n) is 5.60. The zero-order valence-corrected chi connectivity index (χ0v) is 13.9. The molecule has 0 fully saturated rings. The molecule has 0 saturated carbocycles. The fourth-order valence-electron chi connectivity index (χ4n) is 2.76. The minimum atomic E-state index is -0.495. The highest BCUT2D eigenvalue weighted by Gasteiger charge is 2.19. The second-order valence-corrected chi connectivity index (χ2v) is 5.60. The van der Waals surface area contributed by atoms with Crippen molar-refractivity contribution in [2.75, 3.05) is 6.61 Å². The van der Waals surface area contributed by atoms with Crippen LogP contribution in [0.3, 0.4) is 0 Å². The number of carbonyl (C=O) groups is 1. The van der Waals surface area contributed by atoms with Gasteiger partial charge in [-0.1, -0.05) is 30.3 Å². The molecule has 4 heteroatoms. The van der Waals surface area contributed by atoms with Gasteiger partial charge < -0.3 is 9.15 Å². The van der Waals surface area contributed by atoms with E-state index in [1.54, 1.807) is 32.0 Å². The molecule has 0 unspecified atom stereocenters. The summed E-state index contributed by atoms with van der Waals surface area (Å²) in [5.41, 5.74) is 2.76. The molecule has 2 aromatic carbocycles. The van der Waals surface area contributed by atoms with E-state index in [1.807, 2.05) is 31.2 Å². The Kier molecular flexibility index (Phi) is 4.21. The summed E-state index contributed by atoms with van der Waals surface area (Å²) in [6, 6.07) is 12.6. The Morgan fingerprint density at radius 2 is 1.83 bits per heavy atom. The van der Waals surface area contributed by atoms with Gasteiger partial charge in [-0.15, -0.1) is 0 Å². The summed E-state index contributed by atoms with van der Waals surface area (Å²) in [4.78, 5) is 24.9. The molecule has 0 aliphatic carbocycles. The molecule has 3 rings (SSSR count). The molecule has 24 heavy (non-hydrogen) atoms. The van der Waals surface area contributed by atoms with Crippen molar-refractivity contribution in [2.24, 2.45) is 0 Å². The van der Waals surface area contributed by atoms with Gasteiger partial charge in [-0.05, 0) is 38.5 Å². The molecule has 0 aliphatic rings. The molecule has 1 heterocycles. The van der Waals surface area contributed by atoms with Gasteiger partial charge in [0.1, 0.15) is 11.3 Å². The Morgan fingerprint density at radius 3 is 2.54 bits per heavy atom. The van der Waals surface area contributed by atoms with Gasteiger partial charge in [-0.3, -0.25) is 4.79 Å². The highest BCUT2D eigenvalue weighted by atomic mass is 16.5. The number of aryl methyl sites for hydroxylation is 1. The number of hydrogen-bond donors (Lipinski definition) is 0. The maximum atomic E-state index is 12.8. The summed E-state index contributed by atoms with van der Waals surface area (Å²) in [5, 5.41) is 0.385. The molecule has 1 aromatic heterocycles. The molecular weight excluding hydrogens is 304 g/mol. The van der Waals surface area contributed by atoms with E-state index in [-0.39, 0.29) is 23.2 Å². The summed E-state index contributed by atoms with van der Waals surface area (Å²) in [7, 11) is 0. The second kappa shape index (κ2) is 6.32. The van der Waals surface area contributed by atoms with E-state index in [0.29, 0.717) is 16.7 Å². The molecule has 0 spiro atoms. The first-order valence-electron chi connectivity index (χ1n) is 7.84. The third-order valence-corrected chi connectivity index (χ3v) is 4.03. The minimum Gasteiger partial charge on any atom is -0.462 e. The monoisotopic (exact) mass is 322 g/mol. The van der Waals surface area contributed by atoms with Crippen LogP contribution in [0.1, 0.15) is 28.4 Å². The smallest absolute Gasteiger partial charge is 0.341 e. The van der Waals surface area contributed by atoms with Crippen LogP contribution in [0.2, 0.25) is 0 Å². The first-order valence-corrected chi connectivity index (χ1v) is 7.84. The molecule has 0 bridgehead atoms. The van der Waals surface area contributed by atoms with Crippen molar-refractivity contribution < 1.29 is 13.9 Å². The van der Waals surface area contributed by atoms with Crippen molar-refractivity contribution in [1.82, 2.24) is 0 Å². The van der Waals surface area contributed by atoms with Crippen LogP contribution in [0.25, 0.3) is 22.3 Å². The first-order chi connectivity index (χ1) is 11.5. The van der Waals surface area contributed by atoms with Crippen molar-refractivity contribution in [3.05, 3.63) is 69.4 Å². The topological polar surface area (TPSA) is 56.5 Å². The lowest BCUT2D eigenvalue weighted by atomic mass is 10.0. The fourth-order valence-corrected chi connectivity index (χ4v) is 2.76. The van der Waals surface area contributed by atoms with Crippen LogP contribution in [0.5, 0.6) is 0 Å². The van der Waals surface area contributed by atoms with Crippen LogP contribution >= 0.6 is 0 Å². The van der Waals surface area contributed by atoms with E-state index < -0.39 is 5.97 Å². The number of hydrogen-bond acceptors (Lipinski definition) is 4. The molecular formula is C20H18O4. The average molecular weight is 322 g/mol. The maximum absolute atomic E-state index is 12.8. The number of para-hydroxylation sites is 1. The lowest BCUT2D eigenvalue weighted by molar-refractivity contribution is 0.0527. The molecule has 0 aliphatic heterocycles. The largest absolute Gasteiger partial charge is 0.462 e. The predicted octanol–water partition coefficient (Wildman–Crippen LogP) is 4.25. The lowest BCUT2D eigenvalue weighted by Crippen LogP contribution is -2.11. The van der Waals surface area contributed by atoms with E-state index in [1.165, 1.54) is 0 Å². The molecule has 4 nitrogen and oxygen atoms in total. The number of esters is 1. The van der Waals surface area contributed by atoms with Crippen molar-refractivity contribution in [1.29, 1.82) is 0 Å². The number of carbonyl (C=O) groups excluding carboxylic acids is 1. The van der Waals surface area contributed by atoms with E-state index >= 15 is 0 Å². The summed E-state index contributed by atoms with van der Waals surface area (Å²) in [6.45, 7) is 5.69. The molecule has 0 amide bonds. The summed E-state index contributed by atoms with van der Waals surface area (Å²) >= 11 is 0. The van der Waals surface area contributed by atoms with E-state index in [2.05, 4.69) is 0 Å². The molecule has 0 radical (unpaired) electrons. The number of benzene rings is 2. The zero-order valence-electron chi connectivity index (χ0n) is 13.9. The molecule has 3 aromatic rings. The van der Waals surface area contributed by atoms with Crippen molar-refractivity contribution in [3.63, 3.8) is 0 Å². The number of fused-ring (bicyclic) bond motifs is 1. The summed E-state index contributed by atoms with van der Waals surface area (Å²) in [5.74, 6) is -0.00631. The SMILES string of the molecule is CCOC(=O)c1cccc2c(=O)c(C)c(-c3ccccc3C)oc12. The van der Waals surface area contributed by atoms with Crippen LogP contribution in [-0.2, 0) is 4.74 Å². The normalized spacial score (nSPS) is 10.8. The maximum Gasteiger partial charge on any atom is 0.341 e. The quantitative estimate of drug-likeness (QED) is 0.676. The van der Waals surface area contributed by atoms with E-state index in [9.17, 15) is 9.59 Å². The van der Waals surface area contributed by atoms with E-state index in [0.717, 1.165) is 11.1 Å². The van der Waals surface area contributed by atoms with Crippen LogP contribution in [0, 0.1) is 13.8 Å². The highest BCUT2D eigenvalue weighted by Crippen LogP contribution is 2.29. The van der Waals surface area contributed by atoms with Gasteiger partial charge in [0.05, 0.1) is 12.0 Å². The Balaban J connectivity index is 2.36. The van der Waals surface area contributed by atoms with Crippen molar-refractivity contribution in [3.8, 4) is 11.3 Å². The van der Waals surface area contributed by atoms with Crippen LogP contribution in [-0.4, -0.2) is 12.6 Å². The van der Waals surface area contributed by atoms with Gasteiger partial charge in [0, 0.05) is 11.1 Å². The summed E-state index contributed by atoms with van der Waals surface area (Å²) < 4.78 is 11.1. The Morgan fingerprint density at radius 1 is 1.08 bits per heavy atom. The average Bonchev–Trinajstić information content (AvgIpc) is 2.58. The Bertz CT molecular complexity index is 983. The predicted molar refractivity (Wildman–Crippen MR) is 93.4 cm³/mol. The van der Waals surface area contributed by atoms with E-state index in [4.69, 9.17) is 9.15 Å².